The van der Waals surface area contributed by atoms with Crippen molar-refractivity contribution in [2.24, 2.45) is 0 Å². The molecule has 1 aliphatic heterocycles. The van der Waals surface area contributed by atoms with Gasteiger partial charge in [0, 0.05) is 43.8 Å². The predicted molar refractivity (Wildman–Crippen MR) is 75.5 cm³/mol. The van der Waals surface area contributed by atoms with Crippen LogP contribution >= 0.6 is 0 Å². The Morgan fingerprint density at radius 3 is 2.06 bits per heavy atom. The maximum Gasteiger partial charge on any atom is 0.0166 e. The molecule has 3 heteroatoms. The highest BCUT2D eigenvalue weighted by Gasteiger charge is 2.29. The summed E-state index contributed by atoms with van der Waals surface area (Å²) in [5, 5.41) is 3.42. The van der Waals surface area contributed by atoms with Gasteiger partial charge in [-0.05, 0) is 48.1 Å². The lowest BCUT2D eigenvalue weighted by atomic mass is 9.95. The maximum absolute atomic E-state index is 3.42. The summed E-state index contributed by atoms with van der Waals surface area (Å²) < 4.78 is 0. The second-order valence-electron chi connectivity index (χ2n) is 6.89. The molecule has 0 bridgehead atoms. The minimum Gasteiger partial charge on any atom is -0.314 e. The van der Waals surface area contributed by atoms with E-state index in [4.69, 9.17) is 0 Å². The molecule has 1 aliphatic rings. The van der Waals surface area contributed by atoms with Crippen LogP contribution in [-0.4, -0.2) is 60.6 Å². The topological polar surface area (TPSA) is 18.5 Å². The van der Waals surface area contributed by atoms with Gasteiger partial charge in [0.05, 0.1) is 0 Å². The van der Waals surface area contributed by atoms with Crippen molar-refractivity contribution in [2.45, 2.75) is 52.1 Å². The van der Waals surface area contributed by atoms with E-state index >= 15 is 0 Å². The first kappa shape index (κ1) is 14.9. The molecule has 1 rings (SSSR count). The number of nitrogens with one attached hydrogen (secondary N) is 1. The highest BCUT2D eigenvalue weighted by molar-refractivity contribution is 4.86. The van der Waals surface area contributed by atoms with E-state index in [1.54, 1.807) is 0 Å². The summed E-state index contributed by atoms with van der Waals surface area (Å²) in [6.07, 6.45) is 1.24. The van der Waals surface area contributed by atoms with Crippen LogP contribution in [0.2, 0.25) is 0 Å². The monoisotopic (exact) mass is 241 g/mol. The van der Waals surface area contributed by atoms with Crippen LogP contribution in [0.15, 0.2) is 0 Å². The Morgan fingerprint density at radius 1 is 1.06 bits per heavy atom. The van der Waals surface area contributed by atoms with Crippen LogP contribution in [-0.2, 0) is 0 Å². The SMILES string of the molecule is CN(CCC(C)(C)N1CCNCC1)C(C)(C)C. The molecule has 3 nitrogen and oxygen atoms in total. The molecule has 1 N–H and O–H groups in total. The maximum atomic E-state index is 3.42. The number of hydrogen-bond acceptors (Lipinski definition) is 3. The third kappa shape index (κ3) is 4.57. The molecule has 0 amide bonds. The third-order valence-corrected chi connectivity index (χ3v) is 4.18. The van der Waals surface area contributed by atoms with Gasteiger partial charge < -0.3 is 10.2 Å². The molecular formula is C14H31N3. The number of nitrogens with zero attached hydrogens (tertiary/aromatic N) is 2. The molecule has 0 aliphatic carbocycles. The minimum absolute atomic E-state index is 0.277. The van der Waals surface area contributed by atoms with Gasteiger partial charge in [-0.1, -0.05) is 0 Å². The van der Waals surface area contributed by atoms with E-state index in [2.05, 4.69) is 56.8 Å². The number of hydrogen-bond donors (Lipinski definition) is 1. The van der Waals surface area contributed by atoms with E-state index in [1.165, 1.54) is 26.1 Å². The molecule has 0 atom stereocenters. The van der Waals surface area contributed by atoms with Gasteiger partial charge in [0.15, 0.2) is 0 Å². The molecule has 1 saturated heterocycles. The average Bonchev–Trinajstić information content (AvgIpc) is 2.26. The first-order valence-electron chi connectivity index (χ1n) is 6.90. The second kappa shape index (κ2) is 5.68. The zero-order valence-electron chi connectivity index (χ0n) is 12.6. The van der Waals surface area contributed by atoms with E-state index < -0.39 is 0 Å². The van der Waals surface area contributed by atoms with Gasteiger partial charge in [-0.25, -0.2) is 0 Å². The van der Waals surface area contributed by atoms with E-state index in [-0.39, 0.29) is 5.54 Å². The van der Waals surface area contributed by atoms with Crippen molar-refractivity contribution in [3.63, 3.8) is 0 Å². The summed E-state index contributed by atoms with van der Waals surface area (Å²) >= 11 is 0. The summed E-state index contributed by atoms with van der Waals surface area (Å²) in [5.41, 5.74) is 0.598. The molecule has 0 saturated carbocycles. The summed E-state index contributed by atoms with van der Waals surface area (Å²) in [6, 6.07) is 0. The Morgan fingerprint density at radius 2 is 1.59 bits per heavy atom. The van der Waals surface area contributed by atoms with Crippen molar-refractivity contribution in [3.05, 3.63) is 0 Å². The van der Waals surface area contributed by atoms with Gasteiger partial charge in [0.1, 0.15) is 0 Å². The summed E-state index contributed by atoms with van der Waals surface area (Å²) in [7, 11) is 2.23. The van der Waals surface area contributed by atoms with Gasteiger partial charge in [0.25, 0.3) is 0 Å². The highest BCUT2D eigenvalue weighted by atomic mass is 15.2. The quantitative estimate of drug-likeness (QED) is 0.809. The van der Waals surface area contributed by atoms with Crippen LogP contribution in [0.1, 0.15) is 41.0 Å². The Labute approximate surface area is 108 Å². The molecular weight excluding hydrogens is 210 g/mol. The largest absolute Gasteiger partial charge is 0.314 e. The highest BCUT2D eigenvalue weighted by Crippen LogP contribution is 2.21. The summed E-state index contributed by atoms with van der Waals surface area (Å²) in [4.78, 5) is 5.08. The van der Waals surface area contributed by atoms with Crippen LogP contribution < -0.4 is 5.32 Å². The van der Waals surface area contributed by atoms with E-state index in [0.29, 0.717) is 5.54 Å². The van der Waals surface area contributed by atoms with E-state index in [9.17, 15) is 0 Å². The van der Waals surface area contributed by atoms with Gasteiger partial charge >= 0.3 is 0 Å². The molecule has 0 aromatic heterocycles. The fourth-order valence-electron chi connectivity index (χ4n) is 2.20. The predicted octanol–water partition coefficient (Wildman–Crippen LogP) is 1.79. The van der Waals surface area contributed by atoms with Crippen molar-refractivity contribution in [2.75, 3.05) is 39.8 Å². The average molecular weight is 241 g/mol. The van der Waals surface area contributed by atoms with Gasteiger partial charge in [0.2, 0.25) is 0 Å². The van der Waals surface area contributed by atoms with Crippen LogP contribution in [0.5, 0.6) is 0 Å². The minimum atomic E-state index is 0.277. The molecule has 0 spiro atoms. The van der Waals surface area contributed by atoms with Crippen molar-refractivity contribution >= 4 is 0 Å². The molecule has 17 heavy (non-hydrogen) atoms. The van der Waals surface area contributed by atoms with Gasteiger partial charge in [-0.2, -0.15) is 0 Å². The third-order valence-electron chi connectivity index (χ3n) is 4.18. The fourth-order valence-corrected chi connectivity index (χ4v) is 2.20. The zero-order chi connectivity index (χ0) is 13.1. The zero-order valence-corrected chi connectivity index (χ0v) is 12.6. The Balaban J connectivity index is 2.43. The van der Waals surface area contributed by atoms with Crippen LogP contribution in [0.3, 0.4) is 0 Å². The molecule has 1 fully saturated rings. The van der Waals surface area contributed by atoms with Crippen LogP contribution in [0, 0.1) is 0 Å². The van der Waals surface area contributed by atoms with Crippen LogP contribution in [0.25, 0.3) is 0 Å². The van der Waals surface area contributed by atoms with Crippen molar-refractivity contribution in [1.82, 2.24) is 15.1 Å². The van der Waals surface area contributed by atoms with Crippen LogP contribution in [0.4, 0.5) is 0 Å². The first-order valence-corrected chi connectivity index (χ1v) is 6.90. The Kier molecular flexibility index (Phi) is 4.99. The van der Waals surface area contributed by atoms with Gasteiger partial charge in [-0.3, -0.25) is 4.90 Å². The first-order chi connectivity index (χ1) is 7.73. The van der Waals surface area contributed by atoms with E-state index in [1.807, 2.05) is 0 Å². The Hall–Kier alpha value is -0.120. The van der Waals surface area contributed by atoms with Crippen molar-refractivity contribution < 1.29 is 0 Å². The fraction of sp³-hybridized carbons (Fsp3) is 1.00. The molecule has 0 radical (unpaired) electrons. The normalized spacial score (nSPS) is 19.9. The molecule has 0 unspecified atom stereocenters. The molecule has 102 valence electrons. The second-order valence-corrected chi connectivity index (χ2v) is 6.89. The standard InChI is InChI=1S/C14H31N3/c1-13(2,3)16(6)10-7-14(4,5)17-11-8-15-9-12-17/h15H,7-12H2,1-6H3. The number of piperazine rings is 1. The lowest BCUT2D eigenvalue weighted by Gasteiger charge is -2.43. The molecule has 0 aromatic rings. The lowest BCUT2D eigenvalue weighted by Crippen LogP contribution is -2.54. The smallest absolute Gasteiger partial charge is 0.0166 e. The summed E-state index contributed by atoms with van der Waals surface area (Å²) in [6.45, 7) is 17.4. The lowest BCUT2D eigenvalue weighted by molar-refractivity contribution is 0.0724. The molecule has 0 aromatic carbocycles. The van der Waals surface area contributed by atoms with Crippen molar-refractivity contribution in [1.29, 1.82) is 0 Å². The number of rotatable bonds is 4. The van der Waals surface area contributed by atoms with Crippen molar-refractivity contribution in [3.8, 4) is 0 Å². The van der Waals surface area contributed by atoms with E-state index in [0.717, 1.165) is 13.1 Å². The Bertz CT molecular complexity index is 224. The molecule has 1 heterocycles. The van der Waals surface area contributed by atoms with Gasteiger partial charge in [-0.15, -0.1) is 0 Å². The summed E-state index contributed by atoms with van der Waals surface area (Å²) in [5.74, 6) is 0.